The third-order valence-corrected chi connectivity index (χ3v) is 3.56. The molecule has 1 aliphatic heterocycles. The zero-order valence-electron chi connectivity index (χ0n) is 10.3. The van der Waals surface area contributed by atoms with E-state index in [1.54, 1.807) is 4.90 Å². The van der Waals surface area contributed by atoms with Crippen LogP contribution in [0.2, 0.25) is 5.02 Å². The molecule has 98 valence electrons. The Balaban J connectivity index is 2.24. The smallest absolute Gasteiger partial charge is 0.274 e. The lowest BCUT2D eigenvalue weighted by Gasteiger charge is -2.37. The molecule has 2 heterocycles. The predicted molar refractivity (Wildman–Crippen MR) is 69.4 cm³/mol. The van der Waals surface area contributed by atoms with Crippen LogP contribution in [0.4, 0.5) is 0 Å². The summed E-state index contributed by atoms with van der Waals surface area (Å²) in [6.45, 7) is 2.64. The Hall–Kier alpha value is -1.20. The fourth-order valence-corrected chi connectivity index (χ4v) is 2.55. The van der Waals surface area contributed by atoms with Gasteiger partial charge in [0.05, 0.1) is 5.02 Å². The van der Waals surface area contributed by atoms with Gasteiger partial charge in [-0.1, -0.05) is 11.6 Å². The maximum atomic E-state index is 12.4. The van der Waals surface area contributed by atoms with Crippen LogP contribution in [-0.4, -0.2) is 39.4 Å². The molecule has 1 saturated heterocycles. The molecule has 2 N–H and O–H groups in total. The number of halogens is 1. The van der Waals surface area contributed by atoms with Crippen LogP contribution in [-0.2, 0) is 0 Å². The van der Waals surface area contributed by atoms with Crippen molar-refractivity contribution in [3.63, 3.8) is 0 Å². The average molecular weight is 269 g/mol. The van der Waals surface area contributed by atoms with Crippen molar-refractivity contribution in [1.29, 1.82) is 0 Å². The largest absolute Gasteiger partial charge is 0.333 e. The number of hydrogen-bond donors (Lipinski definition) is 1. The Morgan fingerprint density at radius 1 is 1.61 bits per heavy atom. The Morgan fingerprint density at radius 3 is 3.06 bits per heavy atom. The van der Waals surface area contributed by atoms with Gasteiger partial charge in [0.1, 0.15) is 12.0 Å². The maximum Gasteiger partial charge on any atom is 0.274 e. The number of likely N-dealkylation sites (tertiary alicyclic amines) is 1. The summed E-state index contributed by atoms with van der Waals surface area (Å²) in [6.07, 6.45) is 5.81. The van der Waals surface area contributed by atoms with Crippen LogP contribution in [0.15, 0.2) is 12.5 Å². The Bertz CT molecular complexity index is 438. The van der Waals surface area contributed by atoms with Crippen LogP contribution < -0.4 is 5.73 Å². The normalized spacial score (nSPS) is 21.7. The summed E-state index contributed by atoms with van der Waals surface area (Å²) >= 11 is 5.96. The van der Waals surface area contributed by atoms with Gasteiger partial charge in [-0.2, -0.15) is 0 Å². The van der Waals surface area contributed by atoms with Gasteiger partial charge in [-0.25, -0.2) is 9.97 Å². The molecule has 0 spiro atoms. The molecule has 5 nitrogen and oxygen atoms in total. The van der Waals surface area contributed by atoms with E-state index >= 15 is 0 Å². The number of nitrogens with zero attached hydrogens (tertiary/aromatic N) is 3. The van der Waals surface area contributed by atoms with Gasteiger partial charge < -0.3 is 10.6 Å². The Kier molecular flexibility index (Phi) is 4.14. The molecule has 6 heteroatoms. The van der Waals surface area contributed by atoms with Gasteiger partial charge in [0, 0.05) is 24.8 Å². The number of amides is 1. The number of carbonyl (C=O) groups excluding carboxylic acids is 1. The minimum absolute atomic E-state index is 0.0464. The van der Waals surface area contributed by atoms with Crippen LogP contribution in [0.1, 0.15) is 36.7 Å². The molecule has 0 radical (unpaired) electrons. The van der Waals surface area contributed by atoms with Crippen molar-refractivity contribution in [2.75, 3.05) is 6.54 Å². The van der Waals surface area contributed by atoms with Crippen LogP contribution in [0.3, 0.4) is 0 Å². The van der Waals surface area contributed by atoms with Crippen LogP contribution in [0, 0.1) is 0 Å². The first kappa shape index (κ1) is 13.2. The fraction of sp³-hybridized carbons (Fsp3) is 0.583. The lowest BCUT2D eigenvalue weighted by Crippen LogP contribution is -2.51. The number of aromatic nitrogens is 2. The fourth-order valence-electron chi connectivity index (χ4n) is 2.36. The van der Waals surface area contributed by atoms with Crippen molar-refractivity contribution < 1.29 is 4.79 Å². The van der Waals surface area contributed by atoms with E-state index in [4.69, 9.17) is 17.3 Å². The van der Waals surface area contributed by atoms with Crippen molar-refractivity contribution in [1.82, 2.24) is 14.9 Å². The highest BCUT2D eigenvalue weighted by Crippen LogP contribution is 2.22. The van der Waals surface area contributed by atoms with E-state index < -0.39 is 0 Å². The Morgan fingerprint density at radius 2 is 2.39 bits per heavy atom. The molecule has 0 aromatic carbocycles. The second kappa shape index (κ2) is 5.63. The van der Waals surface area contributed by atoms with E-state index in [9.17, 15) is 4.79 Å². The molecule has 0 saturated carbocycles. The van der Waals surface area contributed by atoms with Gasteiger partial charge in [-0.15, -0.1) is 0 Å². The van der Waals surface area contributed by atoms with Crippen molar-refractivity contribution in [3.8, 4) is 0 Å². The van der Waals surface area contributed by atoms with Crippen LogP contribution in [0.5, 0.6) is 0 Å². The molecular formula is C12H17ClN4O. The maximum absolute atomic E-state index is 12.4. The highest BCUT2D eigenvalue weighted by molar-refractivity contribution is 6.33. The summed E-state index contributed by atoms with van der Waals surface area (Å²) in [6, 6.07) is 0.0205. The average Bonchev–Trinajstić information content (AvgIpc) is 2.38. The number of rotatable bonds is 2. The van der Waals surface area contributed by atoms with Crippen molar-refractivity contribution in [2.24, 2.45) is 5.73 Å². The third kappa shape index (κ3) is 2.62. The van der Waals surface area contributed by atoms with Crippen LogP contribution in [0.25, 0.3) is 0 Å². The Labute approximate surface area is 111 Å². The molecule has 1 amide bonds. The van der Waals surface area contributed by atoms with Gasteiger partial charge in [-0.3, -0.25) is 4.79 Å². The van der Waals surface area contributed by atoms with Gasteiger partial charge in [-0.05, 0) is 26.2 Å². The highest BCUT2D eigenvalue weighted by atomic mass is 35.5. The van der Waals surface area contributed by atoms with Crippen LogP contribution >= 0.6 is 11.6 Å². The second-order valence-electron chi connectivity index (χ2n) is 4.64. The summed E-state index contributed by atoms with van der Waals surface area (Å²) in [4.78, 5) is 22.0. The molecule has 2 atom stereocenters. The molecular weight excluding hydrogens is 252 g/mol. The molecule has 0 aliphatic carbocycles. The summed E-state index contributed by atoms with van der Waals surface area (Å²) in [5.74, 6) is -0.149. The van der Waals surface area contributed by atoms with E-state index in [2.05, 4.69) is 9.97 Å². The molecule has 1 aliphatic rings. The first-order valence-corrected chi connectivity index (χ1v) is 6.51. The first-order valence-electron chi connectivity index (χ1n) is 6.13. The minimum atomic E-state index is -0.149. The van der Waals surface area contributed by atoms with E-state index in [0.29, 0.717) is 6.54 Å². The molecule has 1 aromatic rings. The summed E-state index contributed by atoms with van der Waals surface area (Å²) < 4.78 is 0. The number of nitrogens with two attached hydrogens (primary N) is 1. The van der Waals surface area contributed by atoms with E-state index in [1.807, 2.05) is 6.92 Å². The zero-order valence-corrected chi connectivity index (χ0v) is 11.1. The van der Waals surface area contributed by atoms with E-state index in [0.717, 1.165) is 19.3 Å². The number of carbonyl (C=O) groups is 1. The molecule has 0 unspecified atom stereocenters. The zero-order chi connectivity index (χ0) is 13.1. The quantitative estimate of drug-likeness (QED) is 0.882. The van der Waals surface area contributed by atoms with Gasteiger partial charge in [0.25, 0.3) is 5.91 Å². The lowest BCUT2D eigenvalue weighted by atomic mass is 9.96. The third-order valence-electron chi connectivity index (χ3n) is 3.29. The summed E-state index contributed by atoms with van der Waals surface area (Å²) in [5.41, 5.74) is 6.21. The molecule has 1 fully saturated rings. The van der Waals surface area contributed by atoms with Crippen molar-refractivity contribution in [3.05, 3.63) is 23.2 Å². The summed E-state index contributed by atoms with van der Waals surface area (Å²) in [7, 11) is 0. The van der Waals surface area contributed by atoms with Gasteiger partial charge in [0.15, 0.2) is 0 Å². The lowest BCUT2D eigenvalue weighted by molar-refractivity contribution is 0.0577. The number of hydrogen-bond acceptors (Lipinski definition) is 4. The predicted octanol–water partition coefficient (Wildman–Crippen LogP) is 1.47. The SMILES string of the molecule is C[C@@H](N)[C@H]1CCCCN1C(=O)c1ncncc1Cl. The van der Waals surface area contributed by atoms with Gasteiger partial charge in [0.2, 0.25) is 0 Å². The second-order valence-corrected chi connectivity index (χ2v) is 5.05. The molecule has 1 aromatic heterocycles. The van der Waals surface area contributed by atoms with E-state index in [-0.39, 0.29) is 28.7 Å². The number of piperidine rings is 1. The topological polar surface area (TPSA) is 72.1 Å². The van der Waals surface area contributed by atoms with Gasteiger partial charge >= 0.3 is 0 Å². The van der Waals surface area contributed by atoms with Crippen molar-refractivity contribution >= 4 is 17.5 Å². The molecule has 18 heavy (non-hydrogen) atoms. The first-order chi connectivity index (χ1) is 8.61. The molecule has 2 rings (SSSR count). The monoisotopic (exact) mass is 268 g/mol. The summed E-state index contributed by atoms with van der Waals surface area (Å²) in [5, 5.41) is 0.288. The standard InChI is InChI=1S/C12H17ClN4O/c1-8(14)10-4-2-3-5-17(10)12(18)11-9(13)6-15-7-16-11/h6-8,10H,2-5,14H2,1H3/t8-,10-/m1/s1. The van der Waals surface area contributed by atoms with Crippen molar-refractivity contribution in [2.45, 2.75) is 38.3 Å². The highest BCUT2D eigenvalue weighted by Gasteiger charge is 2.31. The molecule has 0 bridgehead atoms. The van der Waals surface area contributed by atoms with E-state index in [1.165, 1.54) is 12.5 Å². The minimum Gasteiger partial charge on any atom is -0.333 e.